The van der Waals surface area contributed by atoms with Crippen LogP contribution in [0.4, 0.5) is 0 Å². The average Bonchev–Trinajstić information content (AvgIpc) is 2.21. The Morgan fingerprint density at radius 3 is 2.12 bits per heavy atom. The summed E-state index contributed by atoms with van der Waals surface area (Å²) in [5, 5.41) is 17.9. The number of aliphatic hydroxyl groups excluding tert-OH is 2. The molecule has 0 aliphatic heterocycles. The van der Waals surface area contributed by atoms with Crippen molar-refractivity contribution in [3.05, 3.63) is 0 Å². The van der Waals surface area contributed by atoms with E-state index >= 15 is 0 Å². The van der Waals surface area contributed by atoms with Gasteiger partial charge in [-0.05, 0) is 13.8 Å². The van der Waals surface area contributed by atoms with Crippen molar-refractivity contribution < 1.29 is 24.4 Å². The summed E-state index contributed by atoms with van der Waals surface area (Å²) in [7, 11) is 0. The van der Waals surface area contributed by atoms with Crippen LogP contribution in [0.3, 0.4) is 0 Å². The Labute approximate surface area is 96.3 Å². The number of rotatable bonds is 10. The number of aliphatic hydroxyl groups is 2. The Balaban J connectivity index is 3.10. The fraction of sp³-hybridized carbons (Fsp3) is 1.00. The maximum Gasteiger partial charge on any atom is 0.131 e. The van der Waals surface area contributed by atoms with E-state index in [2.05, 4.69) is 0 Å². The first-order valence-electron chi connectivity index (χ1n) is 5.43. The fourth-order valence-electron chi connectivity index (χ4n) is 0.856. The van der Waals surface area contributed by atoms with Crippen LogP contribution < -0.4 is 5.73 Å². The normalized spacial score (nSPS) is 17.1. The minimum atomic E-state index is -0.686. The van der Waals surface area contributed by atoms with E-state index in [9.17, 15) is 0 Å². The van der Waals surface area contributed by atoms with Gasteiger partial charge in [0, 0.05) is 0 Å². The highest BCUT2D eigenvalue weighted by Gasteiger charge is 2.08. The molecule has 0 amide bonds. The van der Waals surface area contributed by atoms with E-state index in [1.165, 1.54) is 0 Å². The van der Waals surface area contributed by atoms with Gasteiger partial charge in [0.2, 0.25) is 0 Å². The molecule has 0 saturated carbocycles. The van der Waals surface area contributed by atoms with Crippen LogP contribution in [-0.2, 0) is 14.2 Å². The van der Waals surface area contributed by atoms with E-state index in [1.54, 1.807) is 13.8 Å². The summed E-state index contributed by atoms with van der Waals surface area (Å²) in [6.07, 6.45) is -1.81. The second kappa shape index (κ2) is 9.95. The number of nitrogens with two attached hydrogens (primary N) is 1. The summed E-state index contributed by atoms with van der Waals surface area (Å²) >= 11 is 0. The van der Waals surface area contributed by atoms with Crippen molar-refractivity contribution in [3.8, 4) is 0 Å². The van der Waals surface area contributed by atoms with Gasteiger partial charge in [-0.15, -0.1) is 0 Å². The molecule has 4 N–H and O–H groups in total. The van der Waals surface area contributed by atoms with Crippen LogP contribution in [-0.4, -0.2) is 61.7 Å². The van der Waals surface area contributed by atoms with Gasteiger partial charge in [0.25, 0.3) is 0 Å². The first-order chi connectivity index (χ1) is 7.54. The summed E-state index contributed by atoms with van der Waals surface area (Å²) in [6, 6.07) is 0. The largest absolute Gasteiger partial charge is 0.391 e. The predicted molar refractivity (Wildman–Crippen MR) is 58.9 cm³/mol. The molecule has 98 valence electrons. The Morgan fingerprint density at radius 2 is 1.56 bits per heavy atom. The zero-order chi connectivity index (χ0) is 12.4. The highest BCUT2D eigenvalue weighted by Crippen LogP contribution is 1.91. The van der Waals surface area contributed by atoms with Crippen LogP contribution in [0.5, 0.6) is 0 Å². The second-order valence-electron chi connectivity index (χ2n) is 3.61. The van der Waals surface area contributed by atoms with Gasteiger partial charge in [-0.25, -0.2) is 0 Å². The van der Waals surface area contributed by atoms with Gasteiger partial charge in [0.15, 0.2) is 0 Å². The van der Waals surface area contributed by atoms with Crippen LogP contribution in [0.1, 0.15) is 13.8 Å². The topological polar surface area (TPSA) is 94.2 Å². The smallest absolute Gasteiger partial charge is 0.131 e. The van der Waals surface area contributed by atoms with Crippen molar-refractivity contribution in [3.63, 3.8) is 0 Å². The molecule has 0 aliphatic rings. The van der Waals surface area contributed by atoms with Crippen LogP contribution in [0.25, 0.3) is 0 Å². The zero-order valence-electron chi connectivity index (χ0n) is 9.96. The predicted octanol–water partition coefficient (Wildman–Crippen LogP) is -0.917. The average molecular weight is 237 g/mol. The van der Waals surface area contributed by atoms with Crippen LogP contribution in [0.2, 0.25) is 0 Å². The highest BCUT2D eigenvalue weighted by molar-refractivity contribution is 4.54. The highest BCUT2D eigenvalue weighted by atomic mass is 16.6. The van der Waals surface area contributed by atoms with Crippen molar-refractivity contribution in [2.75, 3.05) is 33.0 Å². The van der Waals surface area contributed by atoms with Crippen molar-refractivity contribution in [2.45, 2.75) is 32.3 Å². The molecule has 0 saturated heterocycles. The van der Waals surface area contributed by atoms with Crippen molar-refractivity contribution in [1.82, 2.24) is 0 Å². The molecule has 16 heavy (non-hydrogen) atoms. The molecule has 0 heterocycles. The molecule has 0 aliphatic carbocycles. The van der Waals surface area contributed by atoms with Gasteiger partial charge in [-0.1, -0.05) is 0 Å². The SMILES string of the molecule is CC(O)COCCOCCOC(N)C(C)O. The maximum atomic E-state index is 9.01. The third kappa shape index (κ3) is 10.3. The molecule has 3 atom stereocenters. The van der Waals surface area contributed by atoms with Crippen LogP contribution in [0, 0.1) is 0 Å². The molecule has 0 radical (unpaired) electrons. The lowest BCUT2D eigenvalue weighted by Gasteiger charge is -2.15. The fourth-order valence-corrected chi connectivity index (χ4v) is 0.856. The van der Waals surface area contributed by atoms with E-state index in [0.717, 1.165) is 0 Å². The first-order valence-corrected chi connectivity index (χ1v) is 5.43. The minimum absolute atomic E-state index is 0.312. The molecular formula is C10H23NO5. The molecule has 6 heteroatoms. The Bertz CT molecular complexity index is 154. The van der Waals surface area contributed by atoms with E-state index < -0.39 is 18.4 Å². The lowest BCUT2D eigenvalue weighted by molar-refractivity contribution is -0.0540. The summed E-state index contributed by atoms with van der Waals surface area (Å²) in [5.74, 6) is 0. The second-order valence-corrected chi connectivity index (χ2v) is 3.61. The Hall–Kier alpha value is -0.240. The number of hydrogen-bond donors (Lipinski definition) is 3. The molecular weight excluding hydrogens is 214 g/mol. The van der Waals surface area contributed by atoms with Crippen molar-refractivity contribution in [2.24, 2.45) is 5.73 Å². The van der Waals surface area contributed by atoms with Gasteiger partial charge in [-0.3, -0.25) is 0 Å². The minimum Gasteiger partial charge on any atom is -0.391 e. The van der Waals surface area contributed by atoms with Gasteiger partial charge >= 0.3 is 0 Å². The van der Waals surface area contributed by atoms with E-state index in [1.807, 2.05) is 0 Å². The summed E-state index contributed by atoms with van der Waals surface area (Å²) < 4.78 is 15.3. The molecule has 0 aromatic rings. The van der Waals surface area contributed by atoms with Crippen LogP contribution in [0.15, 0.2) is 0 Å². The van der Waals surface area contributed by atoms with E-state index in [0.29, 0.717) is 33.0 Å². The Kier molecular flexibility index (Phi) is 9.80. The summed E-state index contributed by atoms with van der Waals surface area (Å²) in [5.41, 5.74) is 5.43. The van der Waals surface area contributed by atoms with Crippen LogP contribution >= 0.6 is 0 Å². The van der Waals surface area contributed by atoms with Gasteiger partial charge in [-0.2, -0.15) is 0 Å². The lowest BCUT2D eigenvalue weighted by Crippen LogP contribution is -2.36. The molecule has 0 bridgehead atoms. The Morgan fingerprint density at radius 1 is 1.00 bits per heavy atom. The third-order valence-corrected chi connectivity index (χ3v) is 1.74. The van der Waals surface area contributed by atoms with E-state index in [-0.39, 0.29) is 0 Å². The molecule has 3 unspecified atom stereocenters. The van der Waals surface area contributed by atoms with Gasteiger partial charge in [0.05, 0.1) is 45.2 Å². The number of hydrogen-bond acceptors (Lipinski definition) is 6. The maximum absolute atomic E-state index is 9.01. The molecule has 0 fully saturated rings. The molecule has 0 rings (SSSR count). The molecule has 6 nitrogen and oxygen atoms in total. The van der Waals surface area contributed by atoms with Gasteiger partial charge in [0.1, 0.15) is 6.23 Å². The lowest BCUT2D eigenvalue weighted by atomic mass is 10.4. The summed E-state index contributed by atoms with van der Waals surface area (Å²) in [4.78, 5) is 0. The molecule has 0 aromatic carbocycles. The number of ether oxygens (including phenoxy) is 3. The van der Waals surface area contributed by atoms with E-state index in [4.69, 9.17) is 30.2 Å². The standard InChI is InChI=1S/C10H23NO5/c1-8(12)7-15-4-3-14-5-6-16-10(11)9(2)13/h8-10,12-13H,3-7,11H2,1-2H3. The van der Waals surface area contributed by atoms with Gasteiger partial charge < -0.3 is 30.2 Å². The van der Waals surface area contributed by atoms with Crippen molar-refractivity contribution in [1.29, 1.82) is 0 Å². The molecule has 0 spiro atoms. The third-order valence-electron chi connectivity index (χ3n) is 1.74. The zero-order valence-corrected chi connectivity index (χ0v) is 9.96. The quantitative estimate of drug-likeness (QED) is 0.336. The van der Waals surface area contributed by atoms with Crippen molar-refractivity contribution >= 4 is 0 Å². The summed E-state index contributed by atoms with van der Waals surface area (Å²) in [6.45, 7) is 5.16. The monoisotopic (exact) mass is 237 g/mol. The molecule has 0 aromatic heterocycles. The first kappa shape index (κ1) is 15.8.